The van der Waals surface area contributed by atoms with Crippen molar-refractivity contribution in [3.8, 4) is 0 Å². The second-order valence-electron chi connectivity index (χ2n) is 3.45. The van der Waals surface area contributed by atoms with E-state index in [0.29, 0.717) is 17.6 Å². The molecular weight excluding hydrogens is 204 g/mol. The lowest BCUT2D eigenvalue weighted by atomic mass is 10.2. The number of Topliss-reactive ketones (excluding diaryl/α,β-unsaturated/α-hetero) is 1. The minimum Gasteiger partial charge on any atom is -0.370 e. The molecule has 2 aromatic rings. The van der Waals surface area contributed by atoms with Gasteiger partial charge in [-0.05, 0) is 13.0 Å². The van der Waals surface area contributed by atoms with E-state index >= 15 is 0 Å². The van der Waals surface area contributed by atoms with E-state index in [-0.39, 0.29) is 5.78 Å². The highest BCUT2D eigenvalue weighted by Gasteiger charge is 2.12. The summed E-state index contributed by atoms with van der Waals surface area (Å²) in [6, 6.07) is 1.84. The topological polar surface area (TPSA) is 59.3 Å². The molecule has 0 amide bonds. The molecule has 0 radical (unpaired) electrons. The fourth-order valence-corrected chi connectivity index (χ4v) is 1.54. The molecule has 0 saturated carbocycles. The third-order valence-electron chi connectivity index (χ3n) is 2.35. The molecule has 0 unspecified atom stereocenters. The SMILES string of the molecule is CCNc1ccn2ncc(C(=O)CC)c2n1. The van der Waals surface area contributed by atoms with Crippen LogP contribution in [0.1, 0.15) is 30.6 Å². The Kier molecular flexibility index (Phi) is 2.85. The minimum atomic E-state index is 0.0659. The maximum absolute atomic E-state index is 11.6. The lowest BCUT2D eigenvalue weighted by Gasteiger charge is -2.02. The van der Waals surface area contributed by atoms with E-state index in [9.17, 15) is 4.79 Å². The standard InChI is InChI=1S/C11H14N4O/c1-3-9(16)8-7-13-15-6-5-10(12-4-2)14-11(8)15/h5-7H,3-4H2,1-2H3,(H,12,14). The number of aromatic nitrogens is 3. The van der Waals surface area contributed by atoms with Gasteiger partial charge in [-0.25, -0.2) is 9.50 Å². The summed E-state index contributed by atoms with van der Waals surface area (Å²) in [7, 11) is 0. The molecule has 0 aromatic carbocycles. The predicted octanol–water partition coefficient (Wildman–Crippen LogP) is 1.75. The number of hydrogen-bond acceptors (Lipinski definition) is 4. The van der Waals surface area contributed by atoms with E-state index in [2.05, 4.69) is 15.4 Å². The van der Waals surface area contributed by atoms with Gasteiger partial charge in [0.25, 0.3) is 0 Å². The van der Waals surface area contributed by atoms with Crippen molar-refractivity contribution in [2.24, 2.45) is 0 Å². The van der Waals surface area contributed by atoms with Crippen molar-refractivity contribution < 1.29 is 4.79 Å². The molecule has 0 aliphatic rings. The van der Waals surface area contributed by atoms with Gasteiger partial charge in [-0.3, -0.25) is 4.79 Å². The molecule has 2 aromatic heterocycles. The maximum Gasteiger partial charge on any atom is 0.168 e. The first-order valence-corrected chi connectivity index (χ1v) is 5.37. The molecule has 5 nitrogen and oxygen atoms in total. The smallest absolute Gasteiger partial charge is 0.168 e. The Labute approximate surface area is 93.5 Å². The summed E-state index contributed by atoms with van der Waals surface area (Å²) in [6.07, 6.45) is 3.84. The second-order valence-corrected chi connectivity index (χ2v) is 3.45. The van der Waals surface area contributed by atoms with Crippen molar-refractivity contribution in [2.75, 3.05) is 11.9 Å². The number of ketones is 1. The van der Waals surface area contributed by atoms with Crippen LogP contribution in [-0.2, 0) is 0 Å². The summed E-state index contributed by atoms with van der Waals surface area (Å²) in [4.78, 5) is 16.0. The van der Waals surface area contributed by atoms with Crippen LogP contribution in [0.4, 0.5) is 5.82 Å². The van der Waals surface area contributed by atoms with Crippen LogP contribution in [-0.4, -0.2) is 26.9 Å². The lowest BCUT2D eigenvalue weighted by Crippen LogP contribution is -2.03. The van der Waals surface area contributed by atoms with Crippen LogP contribution in [0.15, 0.2) is 18.5 Å². The fourth-order valence-electron chi connectivity index (χ4n) is 1.54. The Bertz CT molecular complexity index is 518. The molecule has 0 aliphatic carbocycles. The molecule has 84 valence electrons. The van der Waals surface area contributed by atoms with E-state index in [0.717, 1.165) is 12.4 Å². The minimum absolute atomic E-state index is 0.0659. The Balaban J connectivity index is 2.51. The second kappa shape index (κ2) is 4.30. The zero-order valence-corrected chi connectivity index (χ0v) is 9.40. The number of anilines is 1. The first kappa shape index (κ1) is 10.6. The number of carbonyl (C=O) groups excluding carboxylic acids is 1. The first-order valence-electron chi connectivity index (χ1n) is 5.37. The highest BCUT2D eigenvalue weighted by atomic mass is 16.1. The molecule has 16 heavy (non-hydrogen) atoms. The van der Waals surface area contributed by atoms with E-state index in [1.54, 1.807) is 16.9 Å². The number of nitrogens with zero attached hydrogens (tertiary/aromatic N) is 3. The third-order valence-corrected chi connectivity index (χ3v) is 2.35. The normalized spacial score (nSPS) is 10.6. The van der Waals surface area contributed by atoms with E-state index in [4.69, 9.17) is 0 Å². The van der Waals surface area contributed by atoms with Gasteiger partial charge in [-0.1, -0.05) is 6.92 Å². The van der Waals surface area contributed by atoms with Crippen molar-refractivity contribution in [1.82, 2.24) is 14.6 Å². The zero-order chi connectivity index (χ0) is 11.5. The Hall–Kier alpha value is -1.91. The van der Waals surface area contributed by atoms with Gasteiger partial charge in [0.1, 0.15) is 5.82 Å². The summed E-state index contributed by atoms with van der Waals surface area (Å²) < 4.78 is 1.61. The lowest BCUT2D eigenvalue weighted by molar-refractivity contribution is 0.0989. The van der Waals surface area contributed by atoms with Gasteiger partial charge < -0.3 is 5.32 Å². The van der Waals surface area contributed by atoms with Crippen LogP contribution in [0.2, 0.25) is 0 Å². The predicted molar refractivity (Wildman–Crippen MR) is 61.8 cm³/mol. The summed E-state index contributed by atoms with van der Waals surface area (Å²) in [6.45, 7) is 4.63. The monoisotopic (exact) mass is 218 g/mol. The number of nitrogens with one attached hydrogen (secondary N) is 1. The third kappa shape index (κ3) is 1.76. The van der Waals surface area contributed by atoms with Crippen molar-refractivity contribution in [1.29, 1.82) is 0 Å². The van der Waals surface area contributed by atoms with E-state index < -0.39 is 0 Å². The van der Waals surface area contributed by atoms with Crippen molar-refractivity contribution in [3.05, 3.63) is 24.0 Å². The average Bonchev–Trinajstić information content (AvgIpc) is 2.71. The molecular formula is C11H14N4O. The Morgan fingerprint density at radius 3 is 3.00 bits per heavy atom. The molecule has 2 heterocycles. The van der Waals surface area contributed by atoms with E-state index in [1.165, 1.54) is 0 Å². The highest BCUT2D eigenvalue weighted by molar-refractivity contribution is 6.01. The van der Waals surface area contributed by atoms with Crippen LogP contribution in [0.5, 0.6) is 0 Å². The van der Waals surface area contributed by atoms with Gasteiger partial charge in [0, 0.05) is 19.2 Å². The van der Waals surface area contributed by atoms with Crippen LogP contribution in [0.3, 0.4) is 0 Å². The number of fused-ring (bicyclic) bond motifs is 1. The van der Waals surface area contributed by atoms with Crippen LogP contribution in [0.25, 0.3) is 5.65 Å². The van der Waals surface area contributed by atoms with E-state index in [1.807, 2.05) is 19.9 Å². The van der Waals surface area contributed by atoms with Crippen LogP contribution < -0.4 is 5.32 Å². The number of rotatable bonds is 4. The van der Waals surface area contributed by atoms with Crippen molar-refractivity contribution in [2.45, 2.75) is 20.3 Å². The average molecular weight is 218 g/mol. The summed E-state index contributed by atoms with van der Waals surface area (Å²) in [5.74, 6) is 0.830. The van der Waals surface area contributed by atoms with Crippen molar-refractivity contribution in [3.63, 3.8) is 0 Å². The molecule has 5 heteroatoms. The van der Waals surface area contributed by atoms with Gasteiger partial charge in [-0.15, -0.1) is 0 Å². The summed E-state index contributed by atoms with van der Waals surface area (Å²) in [5.41, 5.74) is 1.20. The molecule has 2 rings (SSSR count). The van der Waals surface area contributed by atoms with Crippen LogP contribution in [0, 0.1) is 0 Å². The Morgan fingerprint density at radius 2 is 2.31 bits per heavy atom. The summed E-state index contributed by atoms with van der Waals surface area (Å²) >= 11 is 0. The first-order chi connectivity index (χ1) is 7.76. The van der Waals surface area contributed by atoms with Gasteiger partial charge in [-0.2, -0.15) is 5.10 Å². The van der Waals surface area contributed by atoms with Gasteiger partial charge in [0.2, 0.25) is 0 Å². The molecule has 0 atom stereocenters. The molecule has 0 aliphatic heterocycles. The largest absolute Gasteiger partial charge is 0.370 e. The maximum atomic E-state index is 11.6. The highest BCUT2D eigenvalue weighted by Crippen LogP contribution is 2.13. The van der Waals surface area contributed by atoms with Gasteiger partial charge >= 0.3 is 0 Å². The molecule has 1 N–H and O–H groups in total. The van der Waals surface area contributed by atoms with Gasteiger partial charge in [0.05, 0.1) is 11.8 Å². The molecule has 0 bridgehead atoms. The fraction of sp³-hybridized carbons (Fsp3) is 0.364. The molecule has 0 saturated heterocycles. The number of carbonyl (C=O) groups is 1. The summed E-state index contributed by atoms with van der Waals surface area (Å²) in [5, 5.41) is 7.20. The Morgan fingerprint density at radius 1 is 1.50 bits per heavy atom. The van der Waals surface area contributed by atoms with Gasteiger partial charge in [0.15, 0.2) is 11.4 Å². The number of hydrogen-bond donors (Lipinski definition) is 1. The van der Waals surface area contributed by atoms with Crippen molar-refractivity contribution >= 4 is 17.2 Å². The quantitative estimate of drug-likeness (QED) is 0.794. The zero-order valence-electron chi connectivity index (χ0n) is 9.40. The van der Waals surface area contributed by atoms with Crippen LogP contribution >= 0.6 is 0 Å². The molecule has 0 spiro atoms. The molecule has 0 fully saturated rings.